The third kappa shape index (κ3) is 1.59. The summed E-state index contributed by atoms with van der Waals surface area (Å²) in [7, 11) is 0. The molecule has 5 atom stereocenters. The number of likely N-dealkylation sites (tertiary alicyclic amines) is 1. The molecule has 2 bridgehead atoms. The van der Waals surface area contributed by atoms with Crippen molar-refractivity contribution in [3.8, 4) is 0 Å². The molecule has 106 valence electrons. The van der Waals surface area contributed by atoms with Crippen LogP contribution < -0.4 is 0 Å². The van der Waals surface area contributed by atoms with E-state index < -0.39 is 48.1 Å². The number of carbonyl (C=O) groups is 4. The summed E-state index contributed by atoms with van der Waals surface area (Å²) in [6.07, 6.45) is 3.77. The van der Waals surface area contributed by atoms with Gasteiger partial charge in [0.05, 0.1) is 18.3 Å². The van der Waals surface area contributed by atoms with Gasteiger partial charge in [0, 0.05) is 0 Å². The summed E-state index contributed by atoms with van der Waals surface area (Å²) in [4.78, 5) is 47.3. The van der Waals surface area contributed by atoms with E-state index in [0.29, 0.717) is 4.90 Å². The minimum Gasteiger partial charge on any atom is -0.481 e. The number of carboxylic acid groups (broad SMARTS) is 2. The molecule has 2 amide bonds. The fraction of sp³-hybridized carbons (Fsp3) is 0.538. The molecule has 20 heavy (non-hydrogen) atoms. The van der Waals surface area contributed by atoms with Crippen LogP contribution in [0.4, 0.5) is 0 Å². The lowest BCUT2D eigenvalue weighted by molar-refractivity contribution is -0.158. The van der Waals surface area contributed by atoms with Gasteiger partial charge in [0.2, 0.25) is 11.8 Å². The Morgan fingerprint density at radius 2 is 1.65 bits per heavy atom. The predicted molar refractivity (Wildman–Crippen MR) is 63.2 cm³/mol. The van der Waals surface area contributed by atoms with Crippen LogP contribution in [-0.2, 0) is 19.2 Å². The lowest BCUT2D eigenvalue weighted by atomic mass is 9.85. The molecule has 0 aromatic heterocycles. The van der Waals surface area contributed by atoms with Gasteiger partial charge in [-0.3, -0.25) is 19.3 Å². The van der Waals surface area contributed by atoms with E-state index >= 15 is 0 Å². The molecule has 0 radical (unpaired) electrons. The molecule has 1 saturated carbocycles. The molecule has 3 rings (SSSR count). The van der Waals surface area contributed by atoms with Gasteiger partial charge in [-0.05, 0) is 18.3 Å². The van der Waals surface area contributed by atoms with Gasteiger partial charge in [-0.15, -0.1) is 0 Å². The smallest absolute Gasteiger partial charge is 0.327 e. The molecule has 0 aromatic carbocycles. The van der Waals surface area contributed by atoms with Gasteiger partial charge in [0.25, 0.3) is 0 Å². The Morgan fingerprint density at radius 1 is 1.15 bits per heavy atom. The molecule has 2 N–H and O–H groups in total. The number of nitrogens with zero attached hydrogens (tertiary/aromatic N) is 1. The summed E-state index contributed by atoms with van der Waals surface area (Å²) in [5.41, 5.74) is 0. The quantitative estimate of drug-likeness (QED) is 0.540. The highest BCUT2D eigenvalue weighted by Crippen LogP contribution is 2.52. The zero-order valence-electron chi connectivity index (χ0n) is 10.4. The van der Waals surface area contributed by atoms with Gasteiger partial charge < -0.3 is 10.2 Å². The first-order valence-corrected chi connectivity index (χ1v) is 6.41. The second-order valence-corrected chi connectivity index (χ2v) is 5.50. The number of aliphatic carboxylic acids is 2. The molecular weight excluding hydrogens is 266 g/mol. The van der Waals surface area contributed by atoms with Crippen molar-refractivity contribution in [3.05, 3.63) is 12.2 Å². The molecule has 7 heteroatoms. The van der Waals surface area contributed by atoms with E-state index in [-0.39, 0.29) is 11.8 Å². The van der Waals surface area contributed by atoms with Crippen molar-refractivity contribution in [2.45, 2.75) is 18.9 Å². The van der Waals surface area contributed by atoms with Crippen LogP contribution in [0.25, 0.3) is 0 Å². The van der Waals surface area contributed by atoms with E-state index in [2.05, 4.69) is 0 Å². The molecular formula is C13H13NO6. The van der Waals surface area contributed by atoms with E-state index in [1.165, 1.54) is 0 Å². The number of hydrogen-bond donors (Lipinski definition) is 2. The summed E-state index contributed by atoms with van der Waals surface area (Å²) in [5, 5.41) is 17.9. The van der Waals surface area contributed by atoms with E-state index in [9.17, 15) is 19.2 Å². The topological polar surface area (TPSA) is 112 Å². The van der Waals surface area contributed by atoms with Crippen LogP contribution in [0.1, 0.15) is 12.8 Å². The molecule has 7 nitrogen and oxygen atoms in total. The summed E-state index contributed by atoms with van der Waals surface area (Å²) < 4.78 is 0. The number of imide groups is 1. The van der Waals surface area contributed by atoms with Crippen molar-refractivity contribution in [3.63, 3.8) is 0 Å². The first kappa shape index (κ1) is 12.8. The summed E-state index contributed by atoms with van der Waals surface area (Å²) in [6, 6.07) is -1.61. The van der Waals surface area contributed by atoms with Gasteiger partial charge in [-0.2, -0.15) is 0 Å². The molecule has 1 aliphatic heterocycles. The fourth-order valence-electron chi connectivity index (χ4n) is 3.69. The average Bonchev–Trinajstić information content (AvgIpc) is 3.01. The van der Waals surface area contributed by atoms with E-state index in [4.69, 9.17) is 10.2 Å². The minimum absolute atomic E-state index is 0.0225. The van der Waals surface area contributed by atoms with Crippen LogP contribution in [0.3, 0.4) is 0 Å². The Hall–Kier alpha value is -2.18. The molecule has 0 spiro atoms. The van der Waals surface area contributed by atoms with Gasteiger partial charge in [-0.25, -0.2) is 4.79 Å². The number of carboxylic acids is 2. The second kappa shape index (κ2) is 4.16. The first-order chi connectivity index (χ1) is 9.41. The minimum atomic E-state index is -1.61. The summed E-state index contributed by atoms with van der Waals surface area (Å²) in [6.45, 7) is 0. The van der Waals surface area contributed by atoms with E-state index in [0.717, 1.165) is 6.42 Å². The summed E-state index contributed by atoms with van der Waals surface area (Å²) in [5.74, 6) is -4.95. The normalized spacial score (nSPS) is 35.5. The van der Waals surface area contributed by atoms with Gasteiger partial charge in [0.1, 0.15) is 6.04 Å². The summed E-state index contributed by atoms with van der Waals surface area (Å²) >= 11 is 0. The van der Waals surface area contributed by atoms with Crippen LogP contribution >= 0.6 is 0 Å². The third-order valence-electron chi connectivity index (χ3n) is 4.47. The van der Waals surface area contributed by atoms with Crippen molar-refractivity contribution < 1.29 is 29.4 Å². The monoisotopic (exact) mass is 279 g/mol. The van der Waals surface area contributed by atoms with Crippen LogP contribution in [-0.4, -0.2) is 44.9 Å². The SMILES string of the molecule is O=C(O)CC(C(=O)O)N1C(=O)C2C3C=CC(C3)C2C1=O. The second-order valence-electron chi connectivity index (χ2n) is 5.50. The molecule has 0 aromatic rings. The Balaban J connectivity index is 1.92. The predicted octanol–water partition coefficient (Wildman–Crippen LogP) is -0.279. The van der Waals surface area contributed by atoms with Gasteiger partial charge >= 0.3 is 11.9 Å². The maximum Gasteiger partial charge on any atom is 0.327 e. The van der Waals surface area contributed by atoms with Crippen molar-refractivity contribution in [1.29, 1.82) is 0 Å². The van der Waals surface area contributed by atoms with Crippen molar-refractivity contribution in [2.24, 2.45) is 23.7 Å². The molecule has 5 unspecified atom stereocenters. The molecule has 2 aliphatic carbocycles. The Morgan fingerprint density at radius 3 is 2.05 bits per heavy atom. The zero-order valence-corrected chi connectivity index (χ0v) is 10.4. The Labute approximate surface area is 113 Å². The highest BCUT2D eigenvalue weighted by atomic mass is 16.4. The number of fused-ring (bicyclic) bond motifs is 5. The standard InChI is InChI=1S/C13H13NO6/c15-8(16)4-7(13(19)20)14-11(17)9-5-1-2-6(3-5)10(9)12(14)18/h1-2,5-7,9-10H,3-4H2,(H,15,16)(H,19,20). The van der Waals surface area contributed by atoms with Crippen LogP contribution in [0.15, 0.2) is 12.2 Å². The fourth-order valence-corrected chi connectivity index (χ4v) is 3.69. The third-order valence-corrected chi connectivity index (χ3v) is 4.47. The number of amides is 2. The maximum atomic E-state index is 12.3. The number of carbonyl (C=O) groups excluding carboxylic acids is 2. The Kier molecular flexibility index (Phi) is 2.67. The number of allylic oxidation sites excluding steroid dienone is 2. The lowest BCUT2D eigenvalue weighted by Gasteiger charge is -2.23. The molecule has 1 heterocycles. The Bertz CT molecular complexity index is 523. The van der Waals surface area contributed by atoms with E-state index in [1.54, 1.807) is 0 Å². The highest BCUT2D eigenvalue weighted by molar-refractivity contribution is 6.09. The van der Waals surface area contributed by atoms with Crippen LogP contribution in [0, 0.1) is 23.7 Å². The lowest BCUT2D eigenvalue weighted by Crippen LogP contribution is -2.47. The number of hydrogen-bond acceptors (Lipinski definition) is 4. The van der Waals surface area contributed by atoms with E-state index in [1.807, 2.05) is 12.2 Å². The largest absolute Gasteiger partial charge is 0.481 e. The van der Waals surface area contributed by atoms with Crippen LogP contribution in [0.5, 0.6) is 0 Å². The van der Waals surface area contributed by atoms with Crippen molar-refractivity contribution in [1.82, 2.24) is 4.90 Å². The van der Waals surface area contributed by atoms with Crippen molar-refractivity contribution in [2.75, 3.05) is 0 Å². The molecule has 3 aliphatic rings. The number of rotatable bonds is 4. The molecule has 2 fully saturated rings. The van der Waals surface area contributed by atoms with Gasteiger partial charge in [-0.1, -0.05) is 12.2 Å². The average molecular weight is 279 g/mol. The van der Waals surface area contributed by atoms with Crippen LogP contribution in [0.2, 0.25) is 0 Å². The van der Waals surface area contributed by atoms with Gasteiger partial charge in [0.15, 0.2) is 0 Å². The highest BCUT2D eigenvalue weighted by Gasteiger charge is 2.61. The zero-order chi connectivity index (χ0) is 14.6. The maximum absolute atomic E-state index is 12.3. The van der Waals surface area contributed by atoms with Crippen molar-refractivity contribution >= 4 is 23.8 Å². The molecule has 1 saturated heterocycles. The first-order valence-electron chi connectivity index (χ1n) is 6.41.